The van der Waals surface area contributed by atoms with Crippen LogP contribution < -0.4 is 10.0 Å². The second-order valence-corrected chi connectivity index (χ2v) is 8.37. The number of benzene rings is 1. The van der Waals surface area contributed by atoms with E-state index < -0.39 is 10.0 Å². The zero-order chi connectivity index (χ0) is 14.8. The lowest BCUT2D eigenvalue weighted by Gasteiger charge is -2.38. The van der Waals surface area contributed by atoms with Crippen LogP contribution in [0.1, 0.15) is 31.7 Å². The molecule has 0 saturated heterocycles. The van der Waals surface area contributed by atoms with Crippen LogP contribution in [0.2, 0.25) is 0 Å². The first-order chi connectivity index (χ1) is 9.36. The van der Waals surface area contributed by atoms with E-state index in [1.54, 1.807) is 12.1 Å². The fraction of sp³-hybridized carbons (Fsp3) is 0.571. The molecule has 112 valence electrons. The van der Waals surface area contributed by atoms with Gasteiger partial charge in [0.15, 0.2) is 0 Å². The van der Waals surface area contributed by atoms with E-state index in [0.717, 1.165) is 18.4 Å². The number of rotatable bonds is 6. The average molecular weight is 361 g/mol. The van der Waals surface area contributed by atoms with E-state index in [2.05, 4.69) is 32.9 Å². The van der Waals surface area contributed by atoms with Crippen LogP contribution in [0.25, 0.3) is 0 Å². The Morgan fingerprint density at radius 1 is 1.35 bits per heavy atom. The Kier molecular flexibility index (Phi) is 4.89. The summed E-state index contributed by atoms with van der Waals surface area (Å²) in [4.78, 5) is 0.313. The van der Waals surface area contributed by atoms with Crippen LogP contribution in [0.3, 0.4) is 0 Å². The molecule has 1 fully saturated rings. The first-order valence-electron chi connectivity index (χ1n) is 6.79. The molecule has 2 N–H and O–H groups in total. The molecule has 0 aromatic heterocycles. The summed E-state index contributed by atoms with van der Waals surface area (Å²) in [5.41, 5.74) is 1.08. The minimum absolute atomic E-state index is 0.127. The predicted molar refractivity (Wildman–Crippen MR) is 84.1 cm³/mol. The van der Waals surface area contributed by atoms with Crippen LogP contribution in [0, 0.1) is 5.41 Å². The largest absolute Gasteiger partial charge is 0.316 e. The molecule has 1 saturated carbocycles. The maximum atomic E-state index is 12.4. The summed E-state index contributed by atoms with van der Waals surface area (Å²) in [6.45, 7) is 3.29. The Bertz CT molecular complexity index is 583. The lowest BCUT2D eigenvalue weighted by Crippen LogP contribution is -2.40. The molecule has 0 aliphatic heterocycles. The Morgan fingerprint density at radius 2 is 2.05 bits per heavy atom. The number of halogens is 1. The second kappa shape index (κ2) is 6.13. The van der Waals surface area contributed by atoms with Gasteiger partial charge in [-0.1, -0.05) is 19.4 Å². The molecule has 20 heavy (non-hydrogen) atoms. The van der Waals surface area contributed by atoms with Crippen molar-refractivity contribution < 1.29 is 8.42 Å². The summed E-state index contributed by atoms with van der Waals surface area (Å²) >= 11 is 3.33. The first kappa shape index (κ1) is 15.9. The molecule has 1 aliphatic rings. The summed E-state index contributed by atoms with van der Waals surface area (Å²) in [7, 11) is -1.63. The lowest BCUT2D eigenvalue weighted by molar-refractivity contribution is 0.166. The highest BCUT2D eigenvalue weighted by Gasteiger charge is 2.33. The van der Waals surface area contributed by atoms with Gasteiger partial charge >= 0.3 is 0 Å². The Morgan fingerprint density at radius 3 is 2.60 bits per heavy atom. The summed E-state index contributed by atoms with van der Waals surface area (Å²) in [6, 6.07) is 5.41. The molecule has 0 radical (unpaired) electrons. The fourth-order valence-corrected chi connectivity index (χ4v) is 4.58. The minimum atomic E-state index is -3.47. The summed E-state index contributed by atoms with van der Waals surface area (Å²) < 4.78 is 28.2. The monoisotopic (exact) mass is 360 g/mol. The summed E-state index contributed by atoms with van der Waals surface area (Å²) in [5.74, 6) is 0. The quantitative estimate of drug-likeness (QED) is 0.819. The molecule has 1 aromatic carbocycles. The zero-order valence-corrected chi connectivity index (χ0v) is 14.3. The van der Waals surface area contributed by atoms with Gasteiger partial charge in [0, 0.05) is 17.6 Å². The van der Waals surface area contributed by atoms with E-state index in [0.29, 0.717) is 22.5 Å². The number of hydrogen-bond donors (Lipinski definition) is 2. The number of sulfonamides is 1. The van der Waals surface area contributed by atoms with Gasteiger partial charge in [-0.2, -0.15) is 0 Å². The molecule has 0 amide bonds. The Hall–Kier alpha value is -0.430. The van der Waals surface area contributed by atoms with Gasteiger partial charge in [0.05, 0.1) is 4.90 Å². The smallest absolute Gasteiger partial charge is 0.241 e. The van der Waals surface area contributed by atoms with Crippen molar-refractivity contribution >= 4 is 26.0 Å². The standard InChI is InChI=1S/C14H21BrN2O2S/c1-14(6-3-7-14)10-17-20(18,19)13-8-11(9-16-2)4-5-12(13)15/h4-5,8,16-17H,3,6-7,9-10H2,1-2H3. The van der Waals surface area contributed by atoms with Crippen molar-refractivity contribution in [1.29, 1.82) is 0 Å². The molecule has 0 bridgehead atoms. The normalized spacial score (nSPS) is 17.8. The van der Waals surface area contributed by atoms with E-state index in [4.69, 9.17) is 0 Å². The van der Waals surface area contributed by atoms with Crippen molar-refractivity contribution in [2.75, 3.05) is 13.6 Å². The highest BCUT2D eigenvalue weighted by atomic mass is 79.9. The molecule has 0 heterocycles. The van der Waals surface area contributed by atoms with Gasteiger partial charge in [0.1, 0.15) is 0 Å². The third-order valence-corrected chi connectivity index (χ3v) is 6.31. The SMILES string of the molecule is CNCc1ccc(Br)c(S(=O)(=O)NCC2(C)CCC2)c1. The third-order valence-electron chi connectivity index (χ3n) is 3.92. The first-order valence-corrected chi connectivity index (χ1v) is 9.07. The van der Waals surface area contributed by atoms with Crippen molar-refractivity contribution in [3.63, 3.8) is 0 Å². The predicted octanol–water partition coefficient (Wildman–Crippen LogP) is 2.64. The summed E-state index contributed by atoms with van der Waals surface area (Å²) in [6.07, 6.45) is 3.38. The number of nitrogens with one attached hydrogen (secondary N) is 2. The lowest BCUT2D eigenvalue weighted by atomic mass is 9.71. The highest BCUT2D eigenvalue weighted by Crippen LogP contribution is 2.39. The Labute approximate surface area is 129 Å². The van der Waals surface area contributed by atoms with E-state index in [1.165, 1.54) is 6.42 Å². The van der Waals surface area contributed by atoms with E-state index >= 15 is 0 Å². The van der Waals surface area contributed by atoms with Gasteiger partial charge in [0.2, 0.25) is 10.0 Å². The van der Waals surface area contributed by atoms with Crippen LogP contribution in [-0.2, 0) is 16.6 Å². The second-order valence-electron chi connectivity index (χ2n) is 5.78. The zero-order valence-electron chi connectivity index (χ0n) is 11.9. The molecule has 0 atom stereocenters. The van der Waals surface area contributed by atoms with Crippen LogP contribution >= 0.6 is 15.9 Å². The van der Waals surface area contributed by atoms with Gasteiger partial charge in [0.25, 0.3) is 0 Å². The average Bonchev–Trinajstić information content (AvgIpc) is 2.36. The molecule has 1 aromatic rings. The van der Waals surface area contributed by atoms with Crippen molar-refractivity contribution in [3.8, 4) is 0 Å². The molecule has 2 rings (SSSR count). The maximum absolute atomic E-state index is 12.4. The topological polar surface area (TPSA) is 58.2 Å². The van der Waals surface area contributed by atoms with Gasteiger partial charge < -0.3 is 5.32 Å². The molecular weight excluding hydrogens is 340 g/mol. The van der Waals surface area contributed by atoms with E-state index in [1.807, 2.05) is 13.1 Å². The van der Waals surface area contributed by atoms with Crippen LogP contribution in [0.15, 0.2) is 27.6 Å². The highest BCUT2D eigenvalue weighted by molar-refractivity contribution is 9.10. The van der Waals surface area contributed by atoms with E-state index in [-0.39, 0.29) is 5.41 Å². The minimum Gasteiger partial charge on any atom is -0.316 e. The molecule has 1 aliphatic carbocycles. The van der Waals surface area contributed by atoms with Crippen molar-refractivity contribution in [2.45, 2.75) is 37.6 Å². The van der Waals surface area contributed by atoms with Crippen molar-refractivity contribution in [1.82, 2.24) is 10.0 Å². The van der Waals surface area contributed by atoms with E-state index in [9.17, 15) is 8.42 Å². The van der Waals surface area contributed by atoms with Crippen LogP contribution in [0.5, 0.6) is 0 Å². The fourth-order valence-electron chi connectivity index (χ4n) is 2.37. The van der Waals surface area contributed by atoms with Gasteiger partial charge in [-0.25, -0.2) is 13.1 Å². The molecule has 4 nitrogen and oxygen atoms in total. The van der Waals surface area contributed by atoms with Crippen LogP contribution in [-0.4, -0.2) is 22.0 Å². The van der Waals surface area contributed by atoms with Gasteiger partial charge in [-0.3, -0.25) is 0 Å². The van der Waals surface area contributed by atoms with Gasteiger partial charge in [-0.05, 0) is 58.9 Å². The van der Waals surface area contributed by atoms with Gasteiger partial charge in [-0.15, -0.1) is 0 Å². The molecule has 6 heteroatoms. The molecular formula is C14H21BrN2O2S. The van der Waals surface area contributed by atoms with Crippen LogP contribution in [0.4, 0.5) is 0 Å². The van der Waals surface area contributed by atoms with Crippen molar-refractivity contribution in [2.24, 2.45) is 5.41 Å². The van der Waals surface area contributed by atoms with Crippen molar-refractivity contribution in [3.05, 3.63) is 28.2 Å². The summed E-state index contributed by atoms with van der Waals surface area (Å²) in [5, 5.41) is 3.03. The third kappa shape index (κ3) is 3.61. The maximum Gasteiger partial charge on any atom is 0.241 e. The Balaban J connectivity index is 2.17. The molecule has 0 unspecified atom stereocenters. The molecule has 0 spiro atoms. The number of hydrogen-bond acceptors (Lipinski definition) is 3.